The first kappa shape index (κ1) is 17.6. The van der Waals surface area contributed by atoms with E-state index in [-0.39, 0.29) is 18.3 Å². The van der Waals surface area contributed by atoms with Crippen molar-refractivity contribution in [1.82, 2.24) is 0 Å². The van der Waals surface area contributed by atoms with Gasteiger partial charge in [-0.15, -0.1) is 6.58 Å². The average Bonchev–Trinajstić information content (AvgIpc) is 3.24. The molecular weight excluding hydrogens is 260 g/mol. The van der Waals surface area contributed by atoms with Crippen LogP contribution >= 0.6 is 0 Å². The Kier molecular flexibility index (Phi) is 9.05. The van der Waals surface area contributed by atoms with Crippen LogP contribution in [0.5, 0.6) is 0 Å². The summed E-state index contributed by atoms with van der Waals surface area (Å²) >= 11 is 0. The highest BCUT2D eigenvalue weighted by Crippen LogP contribution is 2.09. The monoisotopic (exact) mass is 288 g/mol. The van der Waals surface area contributed by atoms with Gasteiger partial charge >= 0.3 is 0 Å². The molecule has 0 aromatic rings. The summed E-state index contributed by atoms with van der Waals surface area (Å²) in [5.74, 6) is 0. The predicted molar refractivity (Wildman–Crippen MR) is 77.0 cm³/mol. The normalized spacial score (nSPS) is 22.2. The topological polar surface area (TPSA) is 49.5 Å². The van der Waals surface area contributed by atoms with Crippen LogP contribution in [0, 0.1) is 0 Å². The summed E-state index contributed by atoms with van der Waals surface area (Å²) < 4.78 is 27.3. The zero-order valence-corrected chi connectivity index (χ0v) is 12.9. The minimum Gasteiger partial charge on any atom is -0.376 e. The molecule has 0 amide bonds. The molecule has 0 radical (unpaired) electrons. The molecule has 0 aromatic carbocycles. The van der Waals surface area contributed by atoms with E-state index in [4.69, 9.17) is 23.7 Å². The fourth-order valence-electron chi connectivity index (χ4n) is 1.51. The third-order valence-electron chi connectivity index (χ3n) is 2.79. The maximum Gasteiger partial charge on any atom is 0.104 e. The van der Waals surface area contributed by atoms with Crippen molar-refractivity contribution >= 4 is 0 Å². The van der Waals surface area contributed by atoms with Crippen LogP contribution < -0.4 is 0 Å². The molecular formula is C15H28O5. The van der Waals surface area contributed by atoms with Gasteiger partial charge < -0.3 is 23.7 Å². The molecule has 1 rings (SSSR count). The van der Waals surface area contributed by atoms with Crippen LogP contribution in [-0.2, 0) is 23.7 Å². The summed E-state index contributed by atoms with van der Waals surface area (Å²) in [6, 6.07) is 0. The molecule has 1 aliphatic heterocycles. The molecule has 0 spiro atoms. The van der Waals surface area contributed by atoms with Crippen LogP contribution in [-0.4, -0.2) is 64.1 Å². The van der Waals surface area contributed by atoms with Crippen LogP contribution in [0.3, 0.4) is 0 Å². The predicted octanol–water partition coefficient (Wildman–Crippen LogP) is 1.80. The van der Waals surface area contributed by atoms with Gasteiger partial charge in [0.2, 0.25) is 0 Å². The average molecular weight is 288 g/mol. The van der Waals surface area contributed by atoms with E-state index in [1.165, 1.54) is 0 Å². The van der Waals surface area contributed by atoms with Crippen LogP contribution in [0.2, 0.25) is 0 Å². The zero-order chi connectivity index (χ0) is 14.8. The van der Waals surface area contributed by atoms with Crippen molar-refractivity contribution in [2.75, 3.05) is 39.6 Å². The molecule has 5 nitrogen and oxygen atoms in total. The van der Waals surface area contributed by atoms with Gasteiger partial charge in [0.15, 0.2) is 0 Å². The molecule has 4 atom stereocenters. The van der Waals surface area contributed by atoms with Crippen LogP contribution in [0.1, 0.15) is 20.8 Å². The highest BCUT2D eigenvalue weighted by molar-refractivity contribution is 4.67. The Morgan fingerprint density at radius 1 is 1.05 bits per heavy atom. The summed E-state index contributed by atoms with van der Waals surface area (Å²) in [5.41, 5.74) is 0. The minimum atomic E-state index is 0.0407. The summed E-state index contributed by atoms with van der Waals surface area (Å²) in [5, 5.41) is 0. The molecule has 1 aliphatic rings. The Hall–Kier alpha value is -0.460. The SMILES string of the molecule is C=CCOC(C)COC(C)COC(C)COCC1CO1. The van der Waals surface area contributed by atoms with Gasteiger partial charge in [-0.05, 0) is 20.8 Å². The van der Waals surface area contributed by atoms with Gasteiger partial charge in [-0.2, -0.15) is 0 Å². The number of epoxide rings is 1. The van der Waals surface area contributed by atoms with E-state index >= 15 is 0 Å². The van der Waals surface area contributed by atoms with Crippen molar-refractivity contribution < 1.29 is 23.7 Å². The molecule has 0 saturated carbocycles. The standard InChI is InChI=1S/C15H28O5/c1-5-6-17-13(3)8-19-14(4)9-18-12(2)7-16-10-15-11-20-15/h5,12-15H,1,6-11H2,2-4H3. The second-order valence-electron chi connectivity index (χ2n) is 5.21. The molecule has 20 heavy (non-hydrogen) atoms. The third-order valence-corrected chi connectivity index (χ3v) is 2.79. The highest BCUT2D eigenvalue weighted by atomic mass is 16.6. The maximum atomic E-state index is 5.67. The van der Waals surface area contributed by atoms with Crippen molar-refractivity contribution in [1.29, 1.82) is 0 Å². The molecule has 1 saturated heterocycles. The fraction of sp³-hybridized carbons (Fsp3) is 0.867. The van der Waals surface area contributed by atoms with E-state index in [1.54, 1.807) is 6.08 Å². The van der Waals surface area contributed by atoms with E-state index in [1.807, 2.05) is 20.8 Å². The van der Waals surface area contributed by atoms with E-state index in [0.29, 0.717) is 39.1 Å². The Morgan fingerprint density at radius 2 is 1.60 bits per heavy atom. The van der Waals surface area contributed by atoms with Gasteiger partial charge in [-0.3, -0.25) is 0 Å². The van der Waals surface area contributed by atoms with Crippen molar-refractivity contribution in [2.24, 2.45) is 0 Å². The zero-order valence-electron chi connectivity index (χ0n) is 12.9. The molecule has 0 N–H and O–H groups in total. The maximum absolute atomic E-state index is 5.67. The summed E-state index contributed by atoms with van der Waals surface area (Å²) in [7, 11) is 0. The number of ether oxygens (including phenoxy) is 5. The van der Waals surface area contributed by atoms with Crippen LogP contribution in [0.15, 0.2) is 12.7 Å². The molecule has 0 bridgehead atoms. The van der Waals surface area contributed by atoms with Gasteiger partial charge in [-0.1, -0.05) is 6.08 Å². The van der Waals surface area contributed by atoms with Gasteiger partial charge in [0.1, 0.15) is 6.10 Å². The van der Waals surface area contributed by atoms with Crippen LogP contribution in [0.25, 0.3) is 0 Å². The first-order chi connectivity index (χ1) is 9.61. The first-order valence-corrected chi connectivity index (χ1v) is 7.26. The van der Waals surface area contributed by atoms with Crippen molar-refractivity contribution in [2.45, 2.75) is 45.2 Å². The fourth-order valence-corrected chi connectivity index (χ4v) is 1.51. The van der Waals surface area contributed by atoms with Crippen LogP contribution in [0.4, 0.5) is 0 Å². The lowest BCUT2D eigenvalue weighted by molar-refractivity contribution is -0.0779. The number of hydrogen-bond donors (Lipinski definition) is 0. The minimum absolute atomic E-state index is 0.0407. The quantitative estimate of drug-likeness (QED) is 0.382. The third kappa shape index (κ3) is 9.44. The molecule has 1 heterocycles. The summed E-state index contributed by atoms with van der Waals surface area (Å²) in [4.78, 5) is 0. The second-order valence-corrected chi connectivity index (χ2v) is 5.21. The Bertz CT molecular complexity index is 255. The molecule has 1 fully saturated rings. The van der Waals surface area contributed by atoms with Gasteiger partial charge in [0, 0.05) is 0 Å². The second kappa shape index (κ2) is 10.3. The van der Waals surface area contributed by atoms with Gasteiger partial charge in [0.05, 0.1) is 58.0 Å². The van der Waals surface area contributed by atoms with E-state index < -0.39 is 0 Å². The van der Waals surface area contributed by atoms with Crippen molar-refractivity contribution in [3.63, 3.8) is 0 Å². The van der Waals surface area contributed by atoms with E-state index in [0.717, 1.165) is 6.61 Å². The lowest BCUT2D eigenvalue weighted by Crippen LogP contribution is -2.27. The first-order valence-electron chi connectivity index (χ1n) is 7.26. The lowest BCUT2D eigenvalue weighted by atomic mass is 10.4. The molecule has 0 aliphatic carbocycles. The molecule has 5 heteroatoms. The molecule has 118 valence electrons. The molecule has 0 aromatic heterocycles. The highest BCUT2D eigenvalue weighted by Gasteiger charge is 2.22. The van der Waals surface area contributed by atoms with Crippen molar-refractivity contribution in [3.05, 3.63) is 12.7 Å². The smallest absolute Gasteiger partial charge is 0.104 e. The van der Waals surface area contributed by atoms with Gasteiger partial charge in [0.25, 0.3) is 0 Å². The largest absolute Gasteiger partial charge is 0.376 e. The number of hydrogen-bond acceptors (Lipinski definition) is 5. The summed E-state index contributed by atoms with van der Waals surface area (Å²) in [6.45, 7) is 13.3. The number of rotatable bonds is 13. The Morgan fingerprint density at radius 3 is 2.15 bits per heavy atom. The molecule has 4 unspecified atom stereocenters. The van der Waals surface area contributed by atoms with E-state index in [9.17, 15) is 0 Å². The van der Waals surface area contributed by atoms with E-state index in [2.05, 4.69) is 6.58 Å². The summed E-state index contributed by atoms with van der Waals surface area (Å²) in [6.07, 6.45) is 2.21. The Balaban J connectivity index is 1.94. The van der Waals surface area contributed by atoms with Gasteiger partial charge in [-0.25, -0.2) is 0 Å². The lowest BCUT2D eigenvalue weighted by Gasteiger charge is -2.19. The van der Waals surface area contributed by atoms with Crippen molar-refractivity contribution in [3.8, 4) is 0 Å². The Labute approximate surface area is 122 Å².